The molecular weight excluding hydrogens is 437 g/mol. The number of methoxy groups -OCH3 is 1. The second kappa shape index (κ2) is 8.70. The molecule has 1 aromatic heterocycles. The van der Waals surface area contributed by atoms with Gasteiger partial charge >= 0.3 is 6.18 Å². The van der Waals surface area contributed by atoms with Gasteiger partial charge in [0, 0.05) is 17.1 Å². The van der Waals surface area contributed by atoms with Crippen molar-refractivity contribution in [3.8, 4) is 17.2 Å². The molecule has 0 atom stereocenters. The summed E-state index contributed by atoms with van der Waals surface area (Å²) < 4.78 is 50.9. The molecule has 3 aromatic carbocycles. The van der Waals surface area contributed by atoms with Crippen LogP contribution in [0.4, 0.5) is 18.9 Å². The number of nitrogens with one attached hydrogen (secondary N) is 2. The number of para-hydroxylation sites is 3. The lowest BCUT2D eigenvalue weighted by Gasteiger charge is -2.16. The predicted molar refractivity (Wildman–Crippen MR) is 117 cm³/mol. The number of anilines is 1. The number of H-pyrrole nitrogens is 1. The number of hydrogen-bond acceptors (Lipinski definition) is 4. The van der Waals surface area contributed by atoms with E-state index in [-0.39, 0.29) is 28.1 Å². The van der Waals surface area contributed by atoms with Crippen LogP contribution in [0.3, 0.4) is 0 Å². The zero-order valence-corrected chi connectivity index (χ0v) is 17.2. The predicted octanol–water partition coefficient (Wildman–Crippen LogP) is 5.60. The van der Waals surface area contributed by atoms with E-state index in [1.54, 1.807) is 48.5 Å². The Morgan fingerprint density at radius 2 is 1.64 bits per heavy atom. The molecule has 0 aliphatic carbocycles. The second-order valence-electron chi connectivity index (χ2n) is 6.99. The average Bonchev–Trinajstić information content (AvgIpc) is 2.80. The molecule has 0 fully saturated rings. The SMILES string of the molecule is COc1ccccc1Oc1ccc(C(F)(F)F)cc1NC(=O)c1c[nH]c2ccccc2c1=O. The number of fused-ring (bicyclic) bond motifs is 1. The summed E-state index contributed by atoms with van der Waals surface area (Å²) in [6.07, 6.45) is -3.43. The van der Waals surface area contributed by atoms with Crippen LogP contribution in [0.2, 0.25) is 0 Å². The van der Waals surface area contributed by atoms with Crippen molar-refractivity contribution in [2.45, 2.75) is 6.18 Å². The summed E-state index contributed by atoms with van der Waals surface area (Å²) in [6, 6.07) is 15.8. The van der Waals surface area contributed by atoms with Gasteiger partial charge in [0.05, 0.1) is 18.4 Å². The number of ether oxygens (including phenoxy) is 2. The standard InChI is InChI=1S/C24H17F3N2O4/c1-32-20-8-4-5-9-21(20)33-19-11-10-14(24(25,26)27)12-18(19)29-23(31)16-13-28-17-7-3-2-6-15(17)22(16)30/h2-13H,1H3,(H,28,30)(H,29,31). The molecule has 0 saturated carbocycles. The van der Waals surface area contributed by atoms with Crippen LogP contribution in [0.5, 0.6) is 17.2 Å². The third kappa shape index (κ3) is 4.52. The highest BCUT2D eigenvalue weighted by Crippen LogP contribution is 2.39. The van der Waals surface area contributed by atoms with Gasteiger partial charge in [0.2, 0.25) is 5.43 Å². The van der Waals surface area contributed by atoms with E-state index in [1.165, 1.54) is 13.3 Å². The fraction of sp³-hybridized carbons (Fsp3) is 0.0833. The first-order chi connectivity index (χ1) is 15.8. The van der Waals surface area contributed by atoms with Gasteiger partial charge in [-0.25, -0.2) is 0 Å². The Hall–Kier alpha value is -4.27. The van der Waals surface area contributed by atoms with E-state index < -0.39 is 23.1 Å². The Morgan fingerprint density at radius 3 is 2.36 bits per heavy atom. The van der Waals surface area contributed by atoms with Crippen LogP contribution in [-0.2, 0) is 6.18 Å². The van der Waals surface area contributed by atoms with Gasteiger partial charge in [-0.2, -0.15) is 13.2 Å². The first kappa shape index (κ1) is 21.9. The average molecular weight is 454 g/mol. The number of aromatic amines is 1. The van der Waals surface area contributed by atoms with E-state index in [0.29, 0.717) is 11.3 Å². The summed E-state index contributed by atoms with van der Waals surface area (Å²) >= 11 is 0. The maximum absolute atomic E-state index is 13.3. The van der Waals surface area contributed by atoms with Gasteiger partial charge in [0.1, 0.15) is 5.56 Å². The van der Waals surface area contributed by atoms with E-state index in [1.807, 2.05) is 0 Å². The van der Waals surface area contributed by atoms with Gasteiger partial charge in [0.25, 0.3) is 5.91 Å². The van der Waals surface area contributed by atoms with Gasteiger partial charge < -0.3 is 19.8 Å². The summed E-state index contributed by atoms with van der Waals surface area (Å²) in [7, 11) is 1.42. The smallest absolute Gasteiger partial charge is 0.416 e. The monoisotopic (exact) mass is 454 g/mol. The number of pyridine rings is 1. The number of halogens is 3. The maximum atomic E-state index is 13.3. The third-order valence-electron chi connectivity index (χ3n) is 4.88. The van der Waals surface area contributed by atoms with Crippen molar-refractivity contribution < 1.29 is 27.4 Å². The maximum Gasteiger partial charge on any atom is 0.416 e. The second-order valence-corrected chi connectivity index (χ2v) is 6.99. The fourth-order valence-corrected chi connectivity index (χ4v) is 3.24. The number of alkyl halides is 3. The topological polar surface area (TPSA) is 80.4 Å². The number of aromatic nitrogens is 1. The number of amides is 1. The molecule has 0 radical (unpaired) electrons. The molecule has 0 unspecified atom stereocenters. The summed E-state index contributed by atoms with van der Waals surface area (Å²) in [5.41, 5.74) is -1.53. The van der Waals surface area contributed by atoms with Gasteiger partial charge in [-0.1, -0.05) is 24.3 Å². The number of hydrogen-bond donors (Lipinski definition) is 2. The van der Waals surface area contributed by atoms with Crippen LogP contribution in [0, 0.1) is 0 Å². The Kier molecular flexibility index (Phi) is 5.78. The third-order valence-corrected chi connectivity index (χ3v) is 4.88. The molecule has 1 heterocycles. The first-order valence-electron chi connectivity index (χ1n) is 9.72. The Morgan fingerprint density at radius 1 is 0.939 bits per heavy atom. The van der Waals surface area contributed by atoms with Crippen molar-refractivity contribution in [2.75, 3.05) is 12.4 Å². The molecule has 168 valence electrons. The number of benzene rings is 3. The van der Waals surface area contributed by atoms with Crippen LogP contribution in [0.1, 0.15) is 15.9 Å². The van der Waals surface area contributed by atoms with Crippen LogP contribution < -0.4 is 20.2 Å². The van der Waals surface area contributed by atoms with Crippen molar-refractivity contribution in [3.63, 3.8) is 0 Å². The molecule has 0 saturated heterocycles. The fourth-order valence-electron chi connectivity index (χ4n) is 3.24. The zero-order chi connectivity index (χ0) is 23.6. The van der Waals surface area contributed by atoms with Crippen molar-refractivity contribution in [2.24, 2.45) is 0 Å². The molecule has 1 amide bonds. The number of carbonyl (C=O) groups is 1. The molecule has 9 heteroatoms. The van der Waals surface area contributed by atoms with Crippen LogP contribution >= 0.6 is 0 Å². The van der Waals surface area contributed by atoms with Crippen molar-refractivity contribution in [3.05, 3.63) is 94.3 Å². The van der Waals surface area contributed by atoms with Gasteiger partial charge in [0.15, 0.2) is 17.2 Å². The van der Waals surface area contributed by atoms with Gasteiger partial charge in [-0.05, 0) is 42.5 Å². The normalized spacial score (nSPS) is 11.3. The molecule has 0 spiro atoms. The van der Waals surface area contributed by atoms with Crippen LogP contribution in [0.15, 0.2) is 77.7 Å². The van der Waals surface area contributed by atoms with Gasteiger partial charge in [-0.3, -0.25) is 9.59 Å². The van der Waals surface area contributed by atoms with Crippen molar-refractivity contribution >= 4 is 22.5 Å². The van der Waals surface area contributed by atoms with E-state index >= 15 is 0 Å². The summed E-state index contributed by atoms with van der Waals surface area (Å²) in [5, 5.41) is 2.66. The van der Waals surface area contributed by atoms with Crippen molar-refractivity contribution in [1.29, 1.82) is 0 Å². The Bertz CT molecular complexity index is 1400. The van der Waals surface area contributed by atoms with Crippen LogP contribution in [-0.4, -0.2) is 18.0 Å². The van der Waals surface area contributed by atoms with E-state index in [9.17, 15) is 22.8 Å². The molecule has 33 heavy (non-hydrogen) atoms. The number of carbonyl (C=O) groups excluding carboxylic acids is 1. The summed E-state index contributed by atoms with van der Waals surface area (Å²) in [5.74, 6) is -0.358. The highest BCUT2D eigenvalue weighted by atomic mass is 19.4. The molecule has 4 rings (SSSR count). The minimum Gasteiger partial charge on any atom is -0.493 e. The number of rotatable bonds is 5. The van der Waals surface area contributed by atoms with E-state index in [0.717, 1.165) is 18.2 Å². The lowest BCUT2D eigenvalue weighted by Crippen LogP contribution is -2.22. The summed E-state index contributed by atoms with van der Waals surface area (Å²) in [6.45, 7) is 0. The molecular formula is C24H17F3N2O4. The quantitative estimate of drug-likeness (QED) is 0.411. The Labute approximate surface area is 185 Å². The molecule has 0 bridgehead atoms. The highest BCUT2D eigenvalue weighted by Gasteiger charge is 2.31. The minimum absolute atomic E-state index is 0.0573. The molecule has 2 N–H and O–H groups in total. The molecule has 4 aromatic rings. The molecule has 0 aliphatic heterocycles. The lowest BCUT2D eigenvalue weighted by atomic mass is 10.1. The minimum atomic E-state index is -4.65. The first-order valence-corrected chi connectivity index (χ1v) is 9.72. The summed E-state index contributed by atoms with van der Waals surface area (Å²) in [4.78, 5) is 28.5. The van der Waals surface area contributed by atoms with Crippen molar-refractivity contribution in [1.82, 2.24) is 4.98 Å². The molecule has 6 nitrogen and oxygen atoms in total. The Balaban J connectivity index is 1.74. The largest absolute Gasteiger partial charge is 0.493 e. The van der Waals surface area contributed by atoms with E-state index in [2.05, 4.69) is 10.3 Å². The lowest BCUT2D eigenvalue weighted by molar-refractivity contribution is -0.137. The zero-order valence-electron chi connectivity index (χ0n) is 17.2. The molecule has 0 aliphatic rings. The van der Waals surface area contributed by atoms with E-state index in [4.69, 9.17) is 9.47 Å². The highest BCUT2D eigenvalue weighted by molar-refractivity contribution is 6.06. The van der Waals surface area contributed by atoms with Gasteiger partial charge in [-0.15, -0.1) is 0 Å². The van der Waals surface area contributed by atoms with Crippen LogP contribution in [0.25, 0.3) is 10.9 Å².